The van der Waals surface area contributed by atoms with Gasteiger partial charge in [0.15, 0.2) is 0 Å². The molecule has 2 heterocycles. The number of rotatable bonds is 7. The first-order chi connectivity index (χ1) is 9.24. The molecule has 0 saturated carbocycles. The molecule has 2 rings (SSSR count). The Morgan fingerprint density at radius 1 is 1.37 bits per heavy atom. The van der Waals surface area contributed by atoms with Crippen LogP contribution in [-0.2, 0) is 6.54 Å². The Labute approximate surface area is 118 Å². The molecule has 0 aliphatic heterocycles. The molecular weight excluding hydrogens is 256 g/mol. The van der Waals surface area contributed by atoms with Crippen molar-refractivity contribution < 1.29 is 0 Å². The van der Waals surface area contributed by atoms with E-state index in [0.29, 0.717) is 12.1 Å². The summed E-state index contributed by atoms with van der Waals surface area (Å²) in [4.78, 5) is 4.38. The van der Waals surface area contributed by atoms with Crippen LogP contribution < -0.4 is 5.32 Å². The molecule has 0 aliphatic rings. The van der Waals surface area contributed by atoms with Crippen LogP contribution >= 0.6 is 11.3 Å². The Morgan fingerprint density at radius 2 is 2.21 bits per heavy atom. The summed E-state index contributed by atoms with van der Waals surface area (Å²) >= 11 is 1.71. The van der Waals surface area contributed by atoms with Crippen LogP contribution in [0, 0.1) is 0 Å². The summed E-state index contributed by atoms with van der Waals surface area (Å²) in [7, 11) is 0. The van der Waals surface area contributed by atoms with Gasteiger partial charge in [-0.25, -0.2) is 4.98 Å². The molecule has 0 spiro atoms. The van der Waals surface area contributed by atoms with Crippen molar-refractivity contribution in [3.63, 3.8) is 0 Å². The lowest BCUT2D eigenvalue weighted by Gasteiger charge is -2.13. The first-order valence-electron chi connectivity index (χ1n) is 6.91. The minimum Gasteiger partial charge on any atom is -0.302 e. The summed E-state index contributed by atoms with van der Waals surface area (Å²) < 4.78 is 2.04. The molecule has 5 heteroatoms. The molecule has 2 aromatic heterocycles. The van der Waals surface area contributed by atoms with Crippen LogP contribution in [0.5, 0.6) is 0 Å². The highest BCUT2D eigenvalue weighted by Gasteiger charge is 2.12. The van der Waals surface area contributed by atoms with E-state index >= 15 is 0 Å². The van der Waals surface area contributed by atoms with Crippen molar-refractivity contribution in [3.8, 4) is 0 Å². The highest BCUT2D eigenvalue weighted by molar-refractivity contribution is 7.09. The van der Waals surface area contributed by atoms with Gasteiger partial charge in [0.1, 0.15) is 5.01 Å². The zero-order chi connectivity index (χ0) is 13.7. The molecule has 2 aromatic rings. The van der Waals surface area contributed by atoms with E-state index in [9.17, 15) is 0 Å². The number of aromatic nitrogens is 3. The van der Waals surface area contributed by atoms with Crippen LogP contribution in [0.3, 0.4) is 0 Å². The summed E-state index contributed by atoms with van der Waals surface area (Å²) in [6.45, 7) is 7.34. The van der Waals surface area contributed by atoms with Gasteiger partial charge in [-0.05, 0) is 25.8 Å². The third kappa shape index (κ3) is 3.64. The van der Waals surface area contributed by atoms with E-state index in [-0.39, 0.29) is 0 Å². The van der Waals surface area contributed by atoms with Crippen molar-refractivity contribution in [3.05, 3.63) is 34.5 Å². The van der Waals surface area contributed by atoms with Gasteiger partial charge in [0.25, 0.3) is 0 Å². The van der Waals surface area contributed by atoms with Crippen LogP contribution in [0.15, 0.2) is 23.8 Å². The summed E-state index contributed by atoms with van der Waals surface area (Å²) in [6.07, 6.45) is 6.07. The average molecular weight is 278 g/mol. The summed E-state index contributed by atoms with van der Waals surface area (Å²) in [6, 6.07) is 2.89. The van der Waals surface area contributed by atoms with Gasteiger partial charge in [-0.15, -0.1) is 11.3 Å². The van der Waals surface area contributed by atoms with E-state index in [1.54, 1.807) is 11.3 Å². The number of nitrogens with one attached hydrogen (secondary N) is 1. The SMILES string of the molecule is CCC(NCc1ccn(C(C)CC)n1)c1nccs1. The summed E-state index contributed by atoms with van der Waals surface area (Å²) in [5.41, 5.74) is 1.09. The Bertz CT molecular complexity index is 477. The van der Waals surface area contributed by atoms with E-state index in [0.717, 1.165) is 30.1 Å². The Kier molecular flexibility index (Phi) is 5.10. The van der Waals surface area contributed by atoms with Crippen molar-refractivity contribution in [2.24, 2.45) is 0 Å². The van der Waals surface area contributed by atoms with Crippen LogP contribution in [-0.4, -0.2) is 14.8 Å². The minimum absolute atomic E-state index is 0.328. The second kappa shape index (κ2) is 6.82. The normalized spacial score (nSPS) is 14.5. The molecule has 19 heavy (non-hydrogen) atoms. The predicted octanol–water partition coefficient (Wildman–Crippen LogP) is 3.55. The third-order valence-corrected chi connectivity index (χ3v) is 4.28. The third-order valence-electron chi connectivity index (χ3n) is 3.39. The molecule has 0 aromatic carbocycles. The van der Waals surface area contributed by atoms with Crippen LogP contribution in [0.1, 0.15) is 56.4 Å². The van der Waals surface area contributed by atoms with Gasteiger partial charge >= 0.3 is 0 Å². The van der Waals surface area contributed by atoms with Gasteiger partial charge in [-0.3, -0.25) is 4.68 Å². The standard InChI is InChI=1S/C14H22N4S/c1-4-11(3)18-8-6-12(17-18)10-16-13(5-2)14-15-7-9-19-14/h6-9,11,13,16H,4-5,10H2,1-3H3. The predicted molar refractivity (Wildman–Crippen MR) is 79.2 cm³/mol. The molecule has 4 nitrogen and oxygen atoms in total. The fraction of sp³-hybridized carbons (Fsp3) is 0.571. The number of hydrogen-bond donors (Lipinski definition) is 1. The molecule has 2 atom stereocenters. The van der Waals surface area contributed by atoms with E-state index in [4.69, 9.17) is 0 Å². The Hall–Kier alpha value is -1.20. The fourth-order valence-electron chi connectivity index (χ4n) is 1.94. The highest BCUT2D eigenvalue weighted by atomic mass is 32.1. The maximum atomic E-state index is 4.61. The molecule has 2 unspecified atom stereocenters. The quantitative estimate of drug-likeness (QED) is 0.842. The van der Waals surface area contributed by atoms with Gasteiger partial charge in [0.2, 0.25) is 0 Å². The van der Waals surface area contributed by atoms with Crippen molar-refractivity contribution in [1.82, 2.24) is 20.1 Å². The molecule has 0 radical (unpaired) electrons. The Balaban J connectivity index is 1.92. The van der Waals surface area contributed by atoms with E-state index < -0.39 is 0 Å². The lowest BCUT2D eigenvalue weighted by atomic mass is 10.2. The van der Waals surface area contributed by atoms with Crippen molar-refractivity contribution in [2.45, 2.75) is 52.2 Å². The van der Waals surface area contributed by atoms with Crippen molar-refractivity contribution in [1.29, 1.82) is 0 Å². The van der Waals surface area contributed by atoms with Crippen LogP contribution in [0.2, 0.25) is 0 Å². The fourth-order valence-corrected chi connectivity index (χ4v) is 2.74. The molecule has 1 N–H and O–H groups in total. The van der Waals surface area contributed by atoms with Gasteiger partial charge in [-0.2, -0.15) is 5.10 Å². The number of hydrogen-bond acceptors (Lipinski definition) is 4. The van der Waals surface area contributed by atoms with Crippen molar-refractivity contribution >= 4 is 11.3 Å². The first-order valence-corrected chi connectivity index (χ1v) is 7.79. The summed E-state index contributed by atoms with van der Waals surface area (Å²) in [5, 5.41) is 11.3. The topological polar surface area (TPSA) is 42.7 Å². The molecule has 0 amide bonds. The molecule has 0 bridgehead atoms. The maximum absolute atomic E-state index is 4.61. The van der Waals surface area contributed by atoms with E-state index in [1.807, 2.05) is 16.3 Å². The Morgan fingerprint density at radius 3 is 2.84 bits per heavy atom. The second-order valence-corrected chi connectivity index (χ2v) is 5.68. The average Bonchev–Trinajstić information content (AvgIpc) is 3.09. The minimum atomic E-state index is 0.328. The molecule has 104 valence electrons. The first kappa shape index (κ1) is 14.2. The van der Waals surface area contributed by atoms with Gasteiger partial charge < -0.3 is 5.32 Å². The zero-order valence-electron chi connectivity index (χ0n) is 11.8. The smallest absolute Gasteiger partial charge is 0.109 e. The summed E-state index contributed by atoms with van der Waals surface area (Å²) in [5.74, 6) is 0. The molecular formula is C14H22N4S. The van der Waals surface area contributed by atoms with Gasteiger partial charge in [-0.1, -0.05) is 13.8 Å². The number of thiazole rings is 1. The number of nitrogens with zero attached hydrogens (tertiary/aromatic N) is 3. The van der Waals surface area contributed by atoms with Crippen molar-refractivity contribution in [2.75, 3.05) is 0 Å². The van der Waals surface area contributed by atoms with Crippen LogP contribution in [0.4, 0.5) is 0 Å². The van der Waals surface area contributed by atoms with E-state index in [2.05, 4.69) is 48.4 Å². The second-order valence-electron chi connectivity index (χ2n) is 4.76. The maximum Gasteiger partial charge on any atom is 0.109 e. The lowest BCUT2D eigenvalue weighted by Crippen LogP contribution is -2.20. The molecule has 0 aliphatic carbocycles. The van der Waals surface area contributed by atoms with Gasteiger partial charge in [0.05, 0.1) is 11.7 Å². The monoisotopic (exact) mass is 278 g/mol. The zero-order valence-corrected chi connectivity index (χ0v) is 12.7. The van der Waals surface area contributed by atoms with Gasteiger partial charge in [0, 0.05) is 30.4 Å². The highest BCUT2D eigenvalue weighted by Crippen LogP contribution is 2.19. The largest absolute Gasteiger partial charge is 0.302 e. The molecule has 0 saturated heterocycles. The van der Waals surface area contributed by atoms with Crippen LogP contribution in [0.25, 0.3) is 0 Å². The lowest BCUT2D eigenvalue weighted by molar-refractivity contribution is 0.463. The molecule has 0 fully saturated rings. The van der Waals surface area contributed by atoms with E-state index in [1.165, 1.54) is 0 Å².